The maximum absolute atomic E-state index is 13.1. The maximum atomic E-state index is 13.1. The summed E-state index contributed by atoms with van der Waals surface area (Å²) in [6, 6.07) is 18.7. The van der Waals surface area contributed by atoms with Crippen molar-refractivity contribution in [3.05, 3.63) is 93.3 Å². The molecule has 0 spiro atoms. The number of fused-ring (bicyclic) bond motifs is 1. The van der Waals surface area contributed by atoms with E-state index >= 15 is 0 Å². The zero-order valence-corrected chi connectivity index (χ0v) is 18.6. The molecule has 1 aromatic heterocycles. The van der Waals surface area contributed by atoms with E-state index in [0.717, 1.165) is 34.6 Å². The van der Waals surface area contributed by atoms with E-state index in [4.69, 9.17) is 0 Å². The normalized spacial score (nSPS) is 13.6. The Morgan fingerprint density at radius 3 is 2.52 bits per heavy atom. The minimum absolute atomic E-state index is 0.181. The van der Waals surface area contributed by atoms with E-state index in [-0.39, 0.29) is 11.5 Å². The summed E-state index contributed by atoms with van der Waals surface area (Å²) >= 11 is 0. The van der Waals surface area contributed by atoms with E-state index in [1.165, 1.54) is 16.7 Å². The van der Waals surface area contributed by atoms with Crippen LogP contribution in [0.25, 0.3) is 11.8 Å². The zero-order chi connectivity index (χ0) is 22.1. The first-order valence-corrected chi connectivity index (χ1v) is 10.6. The SMILES string of the molecule is Cc1cccc(-n2c(C)cc(/C=C(\C#N)C(=O)N3CCc4ccccc4C3)c2C)c1C. The number of rotatable bonds is 3. The van der Waals surface area contributed by atoms with Crippen LogP contribution in [0.1, 0.15) is 39.2 Å². The van der Waals surface area contributed by atoms with Gasteiger partial charge in [0.05, 0.1) is 0 Å². The number of aromatic nitrogens is 1. The summed E-state index contributed by atoms with van der Waals surface area (Å²) in [5.74, 6) is -0.200. The number of amides is 1. The molecule has 0 saturated carbocycles. The summed E-state index contributed by atoms with van der Waals surface area (Å²) in [6.07, 6.45) is 2.56. The number of hydrogen-bond donors (Lipinski definition) is 0. The number of hydrogen-bond acceptors (Lipinski definition) is 2. The molecule has 1 aliphatic heterocycles. The molecule has 1 amide bonds. The van der Waals surface area contributed by atoms with E-state index < -0.39 is 0 Å². The predicted molar refractivity (Wildman–Crippen MR) is 124 cm³/mol. The van der Waals surface area contributed by atoms with Crippen LogP contribution in [0.5, 0.6) is 0 Å². The monoisotopic (exact) mass is 409 g/mol. The fourth-order valence-electron chi connectivity index (χ4n) is 4.42. The Bertz CT molecular complexity index is 1240. The van der Waals surface area contributed by atoms with Gasteiger partial charge in [0.15, 0.2) is 0 Å². The highest BCUT2D eigenvalue weighted by molar-refractivity contribution is 6.02. The molecule has 2 aromatic carbocycles. The molecule has 2 heterocycles. The summed E-state index contributed by atoms with van der Waals surface area (Å²) in [4.78, 5) is 14.9. The molecule has 0 bridgehead atoms. The molecule has 156 valence electrons. The van der Waals surface area contributed by atoms with Crippen molar-refractivity contribution >= 4 is 12.0 Å². The molecule has 4 rings (SSSR count). The minimum atomic E-state index is -0.200. The summed E-state index contributed by atoms with van der Waals surface area (Å²) in [7, 11) is 0. The smallest absolute Gasteiger partial charge is 0.264 e. The van der Waals surface area contributed by atoms with Gasteiger partial charge in [0.1, 0.15) is 11.6 Å². The Hall–Kier alpha value is -3.58. The van der Waals surface area contributed by atoms with Crippen molar-refractivity contribution < 1.29 is 4.79 Å². The highest BCUT2D eigenvalue weighted by Crippen LogP contribution is 2.27. The highest BCUT2D eigenvalue weighted by Gasteiger charge is 2.24. The van der Waals surface area contributed by atoms with Crippen molar-refractivity contribution in [2.45, 2.75) is 40.7 Å². The first-order chi connectivity index (χ1) is 14.9. The Labute approximate surface area is 184 Å². The average Bonchev–Trinajstić information content (AvgIpc) is 3.06. The number of nitriles is 1. The Kier molecular flexibility index (Phi) is 5.52. The first kappa shape index (κ1) is 20.7. The minimum Gasteiger partial charge on any atom is -0.333 e. The summed E-state index contributed by atoms with van der Waals surface area (Å²) in [5, 5.41) is 9.78. The molecule has 1 aliphatic rings. The van der Waals surface area contributed by atoms with Crippen LogP contribution in [0.3, 0.4) is 0 Å². The fourth-order valence-corrected chi connectivity index (χ4v) is 4.42. The van der Waals surface area contributed by atoms with Crippen LogP contribution in [0.4, 0.5) is 0 Å². The third-order valence-electron chi connectivity index (χ3n) is 6.36. The lowest BCUT2D eigenvalue weighted by molar-refractivity contribution is -0.127. The second-order valence-corrected chi connectivity index (χ2v) is 8.30. The molecule has 0 aliphatic carbocycles. The van der Waals surface area contributed by atoms with Crippen LogP contribution in [-0.2, 0) is 17.8 Å². The van der Waals surface area contributed by atoms with Crippen LogP contribution in [0.15, 0.2) is 54.1 Å². The second kappa shape index (κ2) is 8.28. The molecule has 0 fully saturated rings. The van der Waals surface area contributed by atoms with Crippen molar-refractivity contribution in [2.24, 2.45) is 0 Å². The number of carbonyl (C=O) groups is 1. The molecule has 0 saturated heterocycles. The fraction of sp³-hybridized carbons (Fsp3) is 0.259. The quantitative estimate of drug-likeness (QED) is 0.441. The first-order valence-electron chi connectivity index (χ1n) is 10.6. The van der Waals surface area contributed by atoms with Crippen molar-refractivity contribution in [1.82, 2.24) is 9.47 Å². The summed E-state index contributed by atoms with van der Waals surface area (Å²) in [6.45, 7) is 9.51. The number of carbonyl (C=O) groups excluding carboxylic acids is 1. The molecule has 4 nitrogen and oxygen atoms in total. The largest absolute Gasteiger partial charge is 0.333 e. The topological polar surface area (TPSA) is 49.0 Å². The van der Waals surface area contributed by atoms with Crippen LogP contribution in [-0.4, -0.2) is 21.9 Å². The van der Waals surface area contributed by atoms with Gasteiger partial charge in [0, 0.05) is 30.2 Å². The Morgan fingerprint density at radius 1 is 1.03 bits per heavy atom. The lowest BCUT2D eigenvalue weighted by atomic mass is 9.99. The van der Waals surface area contributed by atoms with Gasteiger partial charge in [-0.05, 0) is 80.1 Å². The van der Waals surface area contributed by atoms with Crippen molar-refractivity contribution in [3.63, 3.8) is 0 Å². The molecule has 3 aromatic rings. The van der Waals surface area contributed by atoms with Gasteiger partial charge in [-0.25, -0.2) is 0 Å². The Morgan fingerprint density at radius 2 is 1.77 bits per heavy atom. The van der Waals surface area contributed by atoms with E-state index in [0.29, 0.717) is 13.1 Å². The number of aryl methyl sites for hydroxylation is 2. The van der Waals surface area contributed by atoms with Crippen LogP contribution >= 0.6 is 0 Å². The van der Waals surface area contributed by atoms with Crippen molar-refractivity contribution in [2.75, 3.05) is 6.54 Å². The molecule has 4 heteroatoms. The van der Waals surface area contributed by atoms with Gasteiger partial charge in [-0.1, -0.05) is 36.4 Å². The molecule has 0 N–H and O–H groups in total. The third-order valence-corrected chi connectivity index (χ3v) is 6.36. The summed E-state index contributed by atoms with van der Waals surface area (Å²) in [5.41, 5.74) is 9.22. The van der Waals surface area contributed by atoms with Gasteiger partial charge < -0.3 is 9.47 Å². The zero-order valence-electron chi connectivity index (χ0n) is 18.6. The third kappa shape index (κ3) is 3.80. The lowest BCUT2D eigenvalue weighted by Crippen LogP contribution is -2.36. The highest BCUT2D eigenvalue weighted by atomic mass is 16.2. The van der Waals surface area contributed by atoms with E-state index in [1.807, 2.05) is 25.1 Å². The molecule has 31 heavy (non-hydrogen) atoms. The van der Waals surface area contributed by atoms with Gasteiger partial charge in [0.25, 0.3) is 5.91 Å². The van der Waals surface area contributed by atoms with Crippen LogP contribution < -0.4 is 0 Å². The van der Waals surface area contributed by atoms with Gasteiger partial charge in [0.2, 0.25) is 0 Å². The lowest BCUT2D eigenvalue weighted by Gasteiger charge is -2.28. The Balaban J connectivity index is 1.67. The number of nitrogens with zero attached hydrogens (tertiary/aromatic N) is 3. The average molecular weight is 410 g/mol. The molecule has 0 radical (unpaired) electrons. The van der Waals surface area contributed by atoms with E-state index in [2.05, 4.69) is 61.7 Å². The molecule has 0 atom stereocenters. The van der Waals surface area contributed by atoms with E-state index in [1.54, 1.807) is 11.0 Å². The van der Waals surface area contributed by atoms with Gasteiger partial charge in [-0.2, -0.15) is 5.26 Å². The molecule has 0 unspecified atom stereocenters. The standard InChI is InChI=1S/C27H27N3O/c1-18-8-7-11-26(20(18)3)30-19(2)14-24(21(30)4)15-25(16-28)27(31)29-13-12-22-9-5-6-10-23(22)17-29/h5-11,14-15H,12-13,17H2,1-4H3/b25-15+. The van der Waals surface area contributed by atoms with Gasteiger partial charge in [-0.3, -0.25) is 4.79 Å². The van der Waals surface area contributed by atoms with Gasteiger partial charge >= 0.3 is 0 Å². The number of benzene rings is 2. The van der Waals surface area contributed by atoms with Gasteiger partial charge in [-0.15, -0.1) is 0 Å². The maximum Gasteiger partial charge on any atom is 0.264 e. The van der Waals surface area contributed by atoms with E-state index in [9.17, 15) is 10.1 Å². The summed E-state index contributed by atoms with van der Waals surface area (Å²) < 4.78 is 2.20. The van der Waals surface area contributed by atoms with Crippen LogP contribution in [0, 0.1) is 39.0 Å². The predicted octanol–water partition coefficient (Wildman–Crippen LogP) is 5.20. The van der Waals surface area contributed by atoms with Crippen molar-refractivity contribution in [3.8, 4) is 11.8 Å². The molecular formula is C27H27N3O. The molecular weight excluding hydrogens is 382 g/mol. The second-order valence-electron chi connectivity index (χ2n) is 8.30. The van der Waals surface area contributed by atoms with Crippen LogP contribution in [0.2, 0.25) is 0 Å². The van der Waals surface area contributed by atoms with Crippen molar-refractivity contribution in [1.29, 1.82) is 5.26 Å².